The summed E-state index contributed by atoms with van der Waals surface area (Å²) in [6.45, 7) is 4.63. The maximum atomic E-state index is 5.58. The molecule has 3 heteroatoms. The second-order valence-electron chi connectivity index (χ2n) is 4.37. The van der Waals surface area contributed by atoms with Crippen LogP contribution in [0.15, 0.2) is 18.2 Å². The minimum Gasteiger partial charge on any atom is -0.486 e. The highest BCUT2D eigenvalue weighted by molar-refractivity contribution is 5.46. The highest BCUT2D eigenvalue weighted by atomic mass is 16.6. The summed E-state index contributed by atoms with van der Waals surface area (Å²) in [5, 5.41) is 3.45. The zero-order chi connectivity index (χ0) is 10.3. The Labute approximate surface area is 89.4 Å². The molecule has 2 heterocycles. The molecule has 0 aliphatic carbocycles. The van der Waals surface area contributed by atoms with E-state index in [9.17, 15) is 0 Å². The van der Waals surface area contributed by atoms with Gasteiger partial charge in [-0.05, 0) is 37.6 Å². The smallest absolute Gasteiger partial charge is 0.161 e. The predicted molar refractivity (Wildman–Crippen MR) is 57.4 cm³/mol. The van der Waals surface area contributed by atoms with Gasteiger partial charge < -0.3 is 14.8 Å². The SMILES string of the molecule is CC1(c2ccc3c(c2)OCCO3)CCN1. The zero-order valence-corrected chi connectivity index (χ0v) is 8.88. The van der Waals surface area contributed by atoms with E-state index in [0.717, 1.165) is 18.0 Å². The molecule has 1 saturated heterocycles. The summed E-state index contributed by atoms with van der Waals surface area (Å²) in [7, 11) is 0. The van der Waals surface area contributed by atoms with Crippen LogP contribution in [-0.4, -0.2) is 19.8 Å². The van der Waals surface area contributed by atoms with Gasteiger partial charge in [-0.15, -0.1) is 0 Å². The average Bonchev–Trinajstić information content (AvgIpc) is 2.25. The average molecular weight is 205 g/mol. The van der Waals surface area contributed by atoms with E-state index in [2.05, 4.69) is 24.4 Å². The third kappa shape index (κ3) is 1.38. The van der Waals surface area contributed by atoms with Gasteiger partial charge in [0.15, 0.2) is 11.5 Å². The van der Waals surface area contributed by atoms with Crippen LogP contribution in [0.5, 0.6) is 11.5 Å². The summed E-state index contributed by atoms with van der Waals surface area (Å²) in [4.78, 5) is 0. The van der Waals surface area contributed by atoms with Crippen molar-refractivity contribution in [3.8, 4) is 11.5 Å². The quantitative estimate of drug-likeness (QED) is 0.756. The van der Waals surface area contributed by atoms with Crippen LogP contribution in [0.4, 0.5) is 0 Å². The first-order valence-corrected chi connectivity index (χ1v) is 5.43. The summed E-state index contributed by atoms with van der Waals surface area (Å²) in [6.07, 6.45) is 1.19. The second-order valence-corrected chi connectivity index (χ2v) is 4.37. The van der Waals surface area contributed by atoms with Gasteiger partial charge in [-0.3, -0.25) is 0 Å². The third-order valence-electron chi connectivity index (χ3n) is 3.32. The van der Waals surface area contributed by atoms with Crippen LogP contribution in [0, 0.1) is 0 Å². The molecule has 1 atom stereocenters. The molecule has 15 heavy (non-hydrogen) atoms. The molecule has 0 aromatic heterocycles. The Hall–Kier alpha value is -1.22. The Morgan fingerprint density at radius 3 is 2.60 bits per heavy atom. The van der Waals surface area contributed by atoms with Gasteiger partial charge in [0.2, 0.25) is 0 Å². The highest BCUT2D eigenvalue weighted by Crippen LogP contribution is 2.37. The van der Waals surface area contributed by atoms with Gasteiger partial charge in [-0.2, -0.15) is 0 Å². The number of hydrogen-bond acceptors (Lipinski definition) is 3. The number of hydrogen-bond donors (Lipinski definition) is 1. The molecule has 1 unspecified atom stereocenters. The second kappa shape index (κ2) is 3.14. The van der Waals surface area contributed by atoms with Crippen molar-refractivity contribution in [1.82, 2.24) is 5.32 Å². The fourth-order valence-electron chi connectivity index (χ4n) is 2.13. The molecule has 1 fully saturated rings. The van der Waals surface area contributed by atoms with Crippen LogP contribution in [0.25, 0.3) is 0 Å². The Kier molecular flexibility index (Phi) is 1.89. The molecule has 0 amide bonds. The lowest BCUT2D eigenvalue weighted by atomic mass is 9.83. The number of ether oxygens (including phenoxy) is 2. The van der Waals surface area contributed by atoms with Crippen molar-refractivity contribution in [3.63, 3.8) is 0 Å². The number of rotatable bonds is 1. The van der Waals surface area contributed by atoms with Crippen molar-refractivity contribution in [3.05, 3.63) is 23.8 Å². The molecule has 80 valence electrons. The van der Waals surface area contributed by atoms with E-state index in [1.54, 1.807) is 0 Å². The van der Waals surface area contributed by atoms with Crippen molar-refractivity contribution in [1.29, 1.82) is 0 Å². The van der Waals surface area contributed by atoms with Crippen molar-refractivity contribution in [2.24, 2.45) is 0 Å². The van der Waals surface area contributed by atoms with Crippen molar-refractivity contribution in [2.45, 2.75) is 18.9 Å². The number of fused-ring (bicyclic) bond motifs is 1. The highest BCUT2D eigenvalue weighted by Gasteiger charge is 2.33. The molecule has 2 aliphatic heterocycles. The Morgan fingerprint density at radius 2 is 1.93 bits per heavy atom. The van der Waals surface area contributed by atoms with Gasteiger partial charge in [-0.25, -0.2) is 0 Å². The monoisotopic (exact) mass is 205 g/mol. The first-order valence-electron chi connectivity index (χ1n) is 5.43. The van der Waals surface area contributed by atoms with E-state index in [4.69, 9.17) is 9.47 Å². The molecular formula is C12H15NO2. The first kappa shape index (κ1) is 9.04. The van der Waals surface area contributed by atoms with E-state index in [-0.39, 0.29) is 5.54 Å². The normalized spacial score (nSPS) is 28.3. The molecular weight excluding hydrogens is 190 g/mol. The maximum absolute atomic E-state index is 5.58. The maximum Gasteiger partial charge on any atom is 0.161 e. The molecule has 1 aromatic rings. The summed E-state index contributed by atoms with van der Waals surface area (Å²) in [5.74, 6) is 1.75. The van der Waals surface area contributed by atoms with Crippen LogP contribution < -0.4 is 14.8 Å². The standard InChI is InChI=1S/C12H15NO2/c1-12(4-5-13-12)9-2-3-10-11(8-9)15-7-6-14-10/h2-3,8,13H,4-7H2,1H3. The topological polar surface area (TPSA) is 30.5 Å². The van der Waals surface area contributed by atoms with Gasteiger partial charge in [0.1, 0.15) is 13.2 Å². The minimum absolute atomic E-state index is 0.135. The lowest BCUT2D eigenvalue weighted by Crippen LogP contribution is -2.51. The predicted octanol–water partition coefficient (Wildman–Crippen LogP) is 1.67. The Morgan fingerprint density at radius 1 is 1.20 bits per heavy atom. The molecule has 0 spiro atoms. The van der Waals surface area contributed by atoms with Crippen LogP contribution in [-0.2, 0) is 5.54 Å². The molecule has 2 aliphatic rings. The molecule has 3 nitrogen and oxygen atoms in total. The van der Waals surface area contributed by atoms with Gasteiger partial charge in [0, 0.05) is 5.54 Å². The Balaban J connectivity index is 1.97. The van der Waals surface area contributed by atoms with Gasteiger partial charge >= 0.3 is 0 Å². The third-order valence-corrected chi connectivity index (χ3v) is 3.32. The Bertz CT molecular complexity index is 385. The largest absolute Gasteiger partial charge is 0.486 e. The van der Waals surface area contributed by atoms with Crippen LogP contribution >= 0.6 is 0 Å². The van der Waals surface area contributed by atoms with E-state index < -0.39 is 0 Å². The van der Waals surface area contributed by atoms with E-state index >= 15 is 0 Å². The summed E-state index contributed by atoms with van der Waals surface area (Å²) in [5.41, 5.74) is 1.42. The zero-order valence-electron chi connectivity index (χ0n) is 8.88. The van der Waals surface area contributed by atoms with Gasteiger partial charge in [0.05, 0.1) is 0 Å². The molecule has 0 radical (unpaired) electrons. The minimum atomic E-state index is 0.135. The van der Waals surface area contributed by atoms with E-state index in [1.807, 2.05) is 6.07 Å². The van der Waals surface area contributed by atoms with Crippen LogP contribution in [0.1, 0.15) is 18.9 Å². The summed E-state index contributed by atoms with van der Waals surface area (Å²) >= 11 is 0. The number of nitrogens with one attached hydrogen (secondary N) is 1. The van der Waals surface area contributed by atoms with Gasteiger partial charge in [0.25, 0.3) is 0 Å². The van der Waals surface area contributed by atoms with Crippen LogP contribution in [0.2, 0.25) is 0 Å². The fourth-order valence-corrected chi connectivity index (χ4v) is 2.13. The molecule has 1 aromatic carbocycles. The summed E-state index contributed by atoms with van der Waals surface area (Å²) < 4.78 is 11.1. The summed E-state index contributed by atoms with van der Waals surface area (Å²) in [6, 6.07) is 6.23. The number of benzene rings is 1. The molecule has 0 saturated carbocycles. The first-order chi connectivity index (χ1) is 7.28. The van der Waals surface area contributed by atoms with Crippen molar-refractivity contribution in [2.75, 3.05) is 19.8 Å². The molecule has 0 bridgehead atoms. The van der Waals surface area contributed by atoms with Crippen LogP contribution in [0.3, 0.4) is 0 Å². The molecule has 3 rings (SSSR count). The molecule has 1 N–H and O–H groups in total. The van der Waals surface area contributed by atoms with E-state index in [1.165, 1.54) is 12.0 Å². The fraction of sp³-hybridized carbons (Fsp3) is 0.500. The lowest BCUT2D eigenvalue weighted by molar-refractivity contribution is 0.169. The van der Waals surface area contributed by atoms with Gasteiger partial charge in [-0.1, -0.05) is 6.07 Å². The van der Waals surface area contributed by atoms with Crippen molar-refractivity contribution >= 4 is 0 Å². The lowest BCUT2D eigenvalue weighted by Gasteiger charge is -2.41. The van der Waals surface area contributed by atoms with Crippen molar-refractivity contribution < 1.29 is 9.47 Å². The van der Waals surface area contributed by atoms with E-state index in [0.29, 0.717) is 13.2 Å².